The molecular formula is C6H8O. The third-order valence-corrected chi connectivity index (χ3v) is 0.893. The quantitative estimate of drug-likeness (QED) is 0.443. The predicted octanol–water partition coefficient (Wildman–Crippen LogP) is 1.48. The van der Waals surface area contributed by atoms with Gasteiger partial charge in [0.15, 0.2) is 0 Å². The lowest BCUT2D eigenvalue weighted by molar-refractivity contribution is 0.274. The fourth-order valence-corrected chi connectivity index (χ4v) is 0.565. The third-order valence-electron chi connectivity index (χ3n) is 0.893. The summed E-state index contributed by atoms with van der Waals surface area (Å²) in [6.07, 6.45) is 1.94. The second kappa shape index (κ2) is 1.41. The molecule has 0 amide bonds. The lowest BCUT2D eigenvalue weighted by atomic mass is 10.3. The lowest BCUT2D eigenvalue weighted by Crippen LogP contribution is -1.79. The molecule has 0 saturated heterocycles. The standard InChI is InChI=1S/C6H8O/c1-5-3-6(2)7-4-5/h3H,2,4H2,1H3. The molecule has 0 unspecified atom stereocenters. The predicted molar refractivity (Wildman–Crippen MR) is 28.8 cm³/mol. The van der Waals surface area contributed by atoms with Crippen molar-refractivity contribution in [2.75, 3.05) is 6.61 Å². The Balaban J connectivity index is 2.67. The summed E-state index contributed by atoms with van der Waals surface area (Å²) in [5.41, 5.74) is 1.25. The minimum atomic E-state index is 0.735. The van der Waals surface area contributed by atoms with Crippen molar-refractivity contribution >= 4 is 0 Å². The topological polar surface area (TPSA) is 9.23 Å². The maximum Gasteiger partial charge on any atom is 0.112 e. The monoisotopic (exact) mass is 96.1 g/mol. The Labute approximate surface area is 43.3 Å². The van der Waals surface area contributed by atoms with Crippen molar-refractivity contribution in [1.82, 2.24) is 0 Å². The summed E-state index contributed by atoms with van der Waals surface area (Å²) in [6.45, 7) is 6.37. The first-order valence-corrected chi connectivity index (χ1v) is 2.28. The van der Waals surface area contributed by atoms with Gasteiger partial charge in [-0.15, -0.1) is 0 Å². The Morgan fingerprint density at radius 1 is 1.86 bits per heavy atom. The highest BCUT2D eigenvalue weighted by atomic mass is 16.5. The van der Waals surface area contributed by atoms with Gasteiger partial charge in [0.05, 0.1) is 0 Å². The van der Waals surface area contributed by atoms with Crippen LogP contribution in [0.15, 0.2) is 24.0 Å². The summed E-state index contributed by atoms with van der Waals surface area (Å²) in [4.78, 5) is 0. The molecule has 0 fully saturated rings. The van der Waals surface area contributed by atoms with Crippen LogP contribution >= 0.6 is 0 Å². The van der Waals surface area contributed by atoms with E-state index in [0.29, 0.717) is 0 Å². The lowest BCUT2D eigenvalue weighted by Gasteiger charge is -1.90. The molecule has 1 nitrogen and oxygen atoms in total. The Kier molecular flexibility index (Phi) is 0.895. The van der Waals surface area contributed by atoms with E-state index in [9.17, 15) is 0 Å². The van der Waals surface area contributed by atoms with Crippen molar-refractivity contribution in [3.63, 3.8) is 0 Å². The van der Waals surface area contributed by atoms with Gasteiger partial charge < -0.3 is 4.74 Å². The first kappa shape index (κ1) is 4.44. The summed E-state index contributed by atoms with van der Waals surface area (Å²) in [7, 11) is 0. The van der Waals surface area contributed by atoms with Crippen LogP contribution in [0.4, 0.5) is 0 Å². The van der Waals surface area contributed by atoms with Crippen LogP contribution in [0, 0.1) is 0 Å². The highest BCUT2D eigenvalue weighted by Gasteiger charge is 2.00. The van der Waals surface area contributed by atoms with Crippen molar-refractivity contribution in [2.45, 2.75) is 6.92 Å². The Bertz CT molecular complexity index is 122. The van der Waals surface area contributed by atoms with Crippen LogP contribution in [-0.2, 0) is 4.74 Å². The number of rotatable bonds is 0. The van der Waals surface area contributed by atoms with Crippen LogP contribution in [-0.4, -0.2) is 6.61 Å². The van der Waals surface area contributed by atoms with Crippen LogP contribution in [0.25, 0.3) is 0 Å². The zero-order valence-corrected chi connectivity index (χ0v) is 4.40. The van der Waals surface area contributed by atoms with Crippen LogP contribution < -0.4 is 0 Å². The zero-order chi connectivity index (χ0) is 5.28. The van der Waals surface area contributed by atoms with Crippen molar-refractivity contribution in [1.29, 1.82) is 0 Å². The first-order valence-electron chi connectivity index (χ1n) is 2.28. The van der Waals surface area contributed by atoms with Gasteiger partial charge in [-0.05, 0) is 18.6 Å². The van der Waals surface area contributed by atoms with Crippen molar-refractivity contribution in [3.8, 4) is 0 Å². The highest BCUT2D eigenvalue weighted by molar-refractivity contribution is 5.19. The third kappa shape index (κ3) is 0.829. The molecule has 1 aliphatic rings. The van der Waals surface area contributed by atoms with Gasteiger partial charge in [-0.1, -0.05) is 6.58 Å². The van der Waals surface area contributed by atoms with Crippen LogP contribution in [0.1, 0.15) is 6.92 Å². The van der Waals surface area contributed by atoms with Gasteiger partial charge in [0.25, 0.3) is 0 Å². The van der Waals surface area contributed by atoms with E-state index in [-0.39, 0.29) is 0 Å². The Hall–Kier alpha value is -0.720. The maximum atomic E-state index is 4.98. The fraction of sp³-hybridized carbons (Fsp3) is 0.333. The molecule has 0 saturated carbocycles. The number of ether oxygens (including phenoxy) is 1. The first-order chi connectivity index (χ1) is 3.29. The van der Waals surface area contributed by atoms with Gasteiger partial charge in [-0.25, -0.2) is 0 Å². The smallest absolute Gasteiger partial charge is 0.112 e. The number of hydrogen-bond donors (Lipinski definition) is 0. The molecule has 0 aliphatic carbocycles. The van der Waals surface area contributed by atoms with Gasteiger partial charge in [-0.3, -0.25) is 0 Å². The summed E-state index contributed by atoms with van der Waals surface area (Å²) in [5.74, 6) is 0.789. The number of hydrogen-bond acceptors (Lipinski definition) is 1. The Morgan fingerprint density at radius 3 is 2.71 bits per heavy atom. The zero-order valence-electron chi connectivity index (χ0n) is 4.40. The molecular weight excluding hydrogens is 88.1 g/mol. The van der Waals surface area contributed by atoms with E-state index in [4.69, 9.17) is 4.74 Å². The second-order valence-corrected chi connectivity index (χ2v) is 1.75. The molecule has 0 aromatic carbocycles. The molecule has 0 aromatic heterocycles. The summed E-state index contributed by atoms with van der Waals surface area (Å²) in [6, 6.07) is 0. The van der Waals surface area contributed by atoms with Crippen molar-refractivity contribution in [2.24, 2.45) is 0 Å². The Morgan fingerprint density at radius 2 is 2.57 bits per heavy atom. The minimum Gasteiger partial charge on any atom is -0.490 e. The average Bonchev–Trinajstić information content (AvgIpc) is 1.87. The molecule has 1 heterocycles. The summed E-state index contributed by atoms with van der Waals surface area (Å²) in [5, 5.41) is 0. The molecule has 1 heteroatoms. The van der Waals surface area contributed by atoms with Crippen LogP contribution in [0.5, 0.6) is 0 Å². The van der Waals surface area contributed by atoms with E-state index >= 15 is 0 Å². The fourth-order valence-electron chi connectivity index (χ4n) is 0.565. The van der Waals surface area contributed by atoms with Crippen molar-refractivity contribution < 1.29 is 4.74 Å². The van der Waals surface area contributed by atoms with Crippen LogP contribution in [0.2, 0.25) is 0 Å². The SMILES string of the molecule is C=C1C=C(C)CO1. The molecule has 0 atom stereocenters. The molecule has 0 bridgehead atoms. The highest BCUT2D eigenvalue weighted by Crippen LogP contribution is 2.10. The van der Waals surface area contributed by atoms with E-state index in [1.54, 1.807) is 0 Å². The van der Waals surface area contributed by atoms with Crippen LogP contribution in [0.3, 0.4) is 0 Å². The van der Waals surface area contributed by atoms with E-state index in [2.05, 4.69) is 6.58 Å². The number of allylic oxidation sites excluding steroid dienone is 1. The summed E-state index contributed by atoms with van der Waals surface area (Å²) >= 11 is 0. The molecule has 0 radical (unpaired) electrons. The average molecular weight is 96.1 g/mol. The minimum absolute atomic E-state index is 0.735. The molecule has 0 N–H and O–H groups in total. The molecule has 1 rings (SSSR count). The van der Waals surface area contributed by atoms with Gasteiger partial charge in [0.1, 0.15) is 12.4 Å². The molecule has 0 spiro atoms. The molecule has 1 aliphatic heterocycles. The molecule has 38 valence electrons. The molecule has 7 heavy (non-hydrogen) atoms. The second-order valence-electron chi connectivity index (χ2n) is 1.75. The maximum absolute atomic E-state index is 4.98. The normalized spacial score (nSPS) is 19.0. The van der Waals surface area contributed by atoms with E-state index in [0.717, 1.165) is 12.4 Å². The van der Waals surface area contributed by atoms with E-state index in [1.165, 1.54) is 5.57 Å². The largest absolute Gasteiger partial charge is 0.490 e. The van der Waals surface area contributed by atoms with Crippen molar-refractivity contribution in [3.05, 3.63) is 24.0 Å². The van der Waals surface area contributed by atoms with Gasteiger partial charge in [0, 0.05) is 0 Å². The van der Waals surface area contributed by atoms with Gasteiger partial charge >= 0.3 is 0 Å². The van der Waals surface area contributed by atoms with Gasteiger partial charge in [-0.2, -0.15) is 0 Å². The molecule has 0 aromatic rings. The van der Waals surface area contributed by atoms with Gasteiger partial charge in [0.2, 0.25) is 0 Å². The van der Waals surface area contributed by atoms with E-state index < -0.39 is 0 Å². The summed E-state index contributed by atoms with van der Waals surface area (Å²) < 4.78 is 4.98. The van der Waals surface area contributed by atoms with E-state index in [1.807, 2.05) is 13.0 Å².